The summed E-state index contributed by atoms with van der Waals surface area (Å²) >= 11 is 0. The zero-order valence-electron chi connectivity index (χ0n) is 12.5. The molecule has 2 fully saturated rings. The number of hydrogen-bond acceptors (Lipinski definition) is 3. The number of hydrogen-bond donors (Lipinski definition) is 2. The van der Waals surface area contributed by atoms with Gasteiger partial charge >= 0.3 is 0 Å². The normalized spacial score (nSPS) is 20.4. The van der Waals surface area contributed by atoms with Crippen molar-refractivity contribution in [3.63, 3.8) is 0 Å². The van der Waals surface area contributed by atoms with Crippen LogP contribution in [0.3, 0.4) is 0 Å². The molecule has 1 aromatic carbocycles. The molecule has 0 spiro atoms. The Morgan fingerprint density at radius 2 is 2.00 bits per heavy atom. The quantitative estimate of drug-likeness (QED) is 0.774. The van der Waals surface area contributed by atoms with Gasteiger partial charge < -0.3 is 5.32 Å². The zero-order valence-corrected chi connectivity index (χ0v) is 13.3. The third-order valence-corrected chi connectivity index (χ3v) is 5.82. The van der Waals surface area contributed by atoms with Gasteiger partial charge in [0.2, 0.25) is 10.0 Å². The Morgan fingerprint density at radius 3 is 2.67 bits per heavy atom. The van der Waals surface area contributed by atoms with E-state index in [1.807, 2.05) is 12.1 Å². The van der Waals surface area contributed by atoms with Crippen LogP contribution >= 0.6 is 0 Å². The van der Waals surface area contributed by atoms with Crippen LogP contribution in [0.25, 0.3) is 0 Å². The third-order valence-electron chi connectivity index (χ3n) is 4.40. The molecular formula is C16H24N2O2S. The molecule has 0 aromatic heterocycles. The Balaban J connectivity index is 1.61. The van der Waals surface area contributed by atoms with Gasteiger partial charge in [0.25, 0.3) is 0 Å². The molecule has 3 rings (SSSR count). The first-order valence-corrected chi connectivity index (χ1v) is 9.35. The largest absolute Gasteiger partial charge is 0.310 e. The molecule has 5 heteroatoms. The average Bonchev–Trinajstić information content (AvgIpc) is 3.36. The highest BCUT2D eigenvalue weighted by Gasteiger charge is 2.28. The molecule has 0 amide bonds. The first-order chi connectivity index (χ1) is 10.0. The molecule has 2 aliphatic rings. The van der Waals surface area contributed by atoms with Crippen molar-refractivity contribution in [3.05, 3.63) is 29.8 Å². The summed E-state index contributed by atoms with van der Waals surface area (Å²) in [7, 11) is -3.38. The second-order valence-corrected chi connectivity index (χ2v) is 8.24. The molecule has 0 saturated heterocycles. The smallest absolute Gasteiger partial charge is 0.240 e. The Hall–Kier alpha value is -0.910. The summed E-state index contributed by atoms with van der Waals surface area (Å²) in [5.41, 5.74) is 1.03. The average molecular weight is 308 g/mol. The summed E-state index contributed by atoms with van der Waals surface area (Å²) < 4.78 is 27.5. The number of rotatable bonds is 8. The summed E-state index contributed by atoms with van der Waals surface area (Å²) in [5, 5.41) is 3.41. The summed E-state index contributed by atoms with van der Waals surface area (Å²) in [6.07, 6.45) is 4.95. The van der Waals surface area contributed by atoms with E-state index in [2.05, 4.69) is 17.0 Å². The van der Waals surface area contributed by atoms with Crippen molar-refractivity contribution in [1.29, 1.82) is 0 Å². The van der Waals surface area contributed by atoms with Crippen molar-refractivity contribution < 1.29 is 8.42 Å². The fraction of sp³-hybridized carbons (Fsp3) is 0.625. The highest BCUT2D eigenvalue weighted by atomic mass is 32.2. The van der Waals surface area contributed by atoms with Gasteiger partial charge in [-0.25, -0.2) is 13.1 Å². The van der Waals surface area contributed by atoms with Crippen molar-refractivity contribution >= 4 is 10.0 Å². The van der Waals surface area contributed by atoms with Crippen molar-refractivity contribution in [3.8, 4) is 0 Å². The lowest BCUT2D eigenvalue weighted by Gasteiger charge is -2.12. The van der Waals surface area contributed by atoms with Gasteiger partial charge in [0, 0.05) is 19.1 Å². The van der Waals surface area contributed by atoms with Crippen LogP contribution in [0.1, 0.15) is 38.2 Å². The lowest BCUT2D eigenvalue weighted by atomic mass is 10.1. The Morgan fingerprint density at radius 1 is 1.24 bits per heavy atom. The SMILES string of the molecule is CC(CNS(=O)(=O)c1cccc(CNC2CC2)c1)C1CC1. The van der Waals surface area contributed by atoms with E-state index >= 15 is 0 Å². The Kier molecular flexibility index (Phi) is 4.33. The van der Waals surface area contributed by atoms with Gasteiger partial charge in [0.15, 0.2) is 0 Å². The minimum Gasteiger partial charge on any atom is -0.310 e. The van der Waals surface area contributed by atoms with Crippen LogP contribution in [-0.4, -0.2) is 21.0 Å². The van der Waals surface area contributed by atoms with Crippen LogP contribution in [0, 0.1) is 11.8 Å². The maximum atomic E-state index is 12.4. The van der Waals surface area contributed by atoms with E-state index in [1.54, 1.807) is 12.1 Å². The molecule has 21 heavy (non-hydrogen) atoms. The van der Waals surface area contributed by atoms with Crippen LogP contribution in [-0.2, 0) is 16.6 Å². The van der Waals surface area contributed by atoms with Crippen LogP contribution in [0.5, 0.6) is 0 Å². The van der Waals surface area contributed by atoms with Crippen molar-refractivity contribution in [2.24, 2.45) is 11.8 Å². The van der Waals surface area contributed by atoms with E-state index in [9.17, 15) is 8.42 Å². The van der Waals surface area contributed by atoms with Crippen LogP contribution < -0.4 is 10.0 Å². The molecule has 2 N–H and O–H groups in total. The predicted octanol–water partition coefficient (Wildman–Crippen LogP) is 2.26. The standard InChI is InChI=1S/C16H24N2O2S/c1-12(14-5-6-14)10-18-21(19,20)16-4-2-3-13(9-16)11-17-15-7-8-15/h2-4,9,12,14-15,17-18H,5-8,10-11H2,1H3. The van der Waals surface area contributed by atoms with Gasteiger partial charge in [-0.1, -0.05) is 19.1 Å². The van der Waals surface area contributed by atoms with Gasteiger partial charge in [-0.2, -0.15) is 0 Å². The maximum Gasteiger partial charge on any atom is 0.240 e. The van der Waals surface area contributed by atoms with Crippen molar-refractivity contribution in [2.75, 3.05) is 6.54 Å². The molecule has 1 aromatic rings. The van der Waals surface area contributed by atoms with Gasteiger partial charge in [-0.15, -0.1) is 0 Å². The lowest BCUT2D eigenvalue weighted by Crippen LogP contribution is -2.29. The molecule has 1 unspecified atom stereocenters. The first-order valence-electron chi connectivity index (χ1n) is 7.86. The lowest BCUT2D eigenvalue weighted by molar-refractivity contribution is 0.492. The minimum absolute atomic E-state index is 0.376. The monoisotopic (exact) mass is 308 g/mol. The van der Waals surface area contributed by atoms with E-state index in [-0.39, 0.29) is 0 Å². The van der Waals surface area contributed by atoms with Gasteiger partial charge in [-0.3, -0.25) is 0 Å². The second-order valence-electron chi connectivity index (χ2n) is 6.47. The van der Waals surface area contributed by atoms with Gasteiger partial charge in [0.05, 0.1) is 4.90 Å². The van der Waals surface area contributed by atoms with Gasteiger partial charge in [0.1, 0.15) is 0 Å². The molecule has 2 aliphatic carbocycles. The van der Waals surface area contributed by atoms with E-state index in [1.165, 1.54) is 25.7 Å². The zero-order chi connectivity index (χ0) is 14.9. The number of nitrogens with one attached hydrogen (secondary N) is 2. The molecule has 116 valence electrons. The molecule has 0 radical (unpaired) electrons. The molecule has 0 bridgehead atoms. The van der Waals surface area contributed by atoms with E-state index in [0.717, 1.165) is 12.1 Å². The van der Waals surface area contributed by atoms with Crippen molar-refractivity contribution in [2.45, 2.75) is 50.1 Å². The Bertz CT molecular complexity index is 592. The molecule has 1 atom stereocenters. The first kappa shape index (κ1) is 15.0. The summed E-state index contributed by atoms with van der Waals surface area (Å²) in [6, 6.07) is 7.87. The highest BCUT2D eigenvalue weighted by Crippen LogP contribution is 2.36. The molecule has 2 saturated carbocycles. The highest BCUT2D eigenvalue weighted by molar-refractivity contribution is 7.89. The third kappa shape index (κ3) is 4.28. The van der Waals surface area contributed by atoms with Crippen LogP contribution in [0.15, 0.2) is 29.2 Å². The second kappa shape index (κ2) is 6.07. The number of sulfonamides is 1. The molecular weight excluding hydrogens is 284 g/mol. The summed E-state index contributed by atoms with van der Waals surface area (Å²) in [6.45, 7) is 3.40. The van der Waals surface area contributed by atoms with E-state index in [4.69, 9.17) is 0 Å². The molecule has 4 nitrogen and oxygen atoms in total. The molecule has 0 aliphatic heterocycles. The van der Waals surface area contributed by atoms with Crippen molar-refractivity contribution in [1.82, 2.24) is 10.0 Å². The maximum absolute atomic E-state index is 12.4. The number of benzene rings is 1. The Labute approximate surface area is 127 Å². The minimum atomic E-state index is -3.38. The van der Waals surface area contributed by atoms with Gasteiger partial charge in [-0.05, 0) is 55.2 Å². The van der Waals surface area contributed by atoms with Crippen LogP contribution in [0.2, 0.25) is 0 Å². The predicted molar refractivity (Wildman–Crippen MR) is 83.4 cm³/mol. The van der Waals surface area contributed by atoms with E-state index in [0.29, 0.717) is 29.3 Å². The van der Waals surface area contributed by atoms with E-state index < -0.39 is 10.0 Å². The molecule has 0 heterocycles. The fourth-order valence-corrected chi connectivity index (χ4v) is 3.74. The van der Waals surface area contributed by atoms with Crippen LogP contribution in [0.4, 0.5) is 0 Å². The topological polar surface area (TPSA) is 58.2 Å². The summed E-state index contributed by atoms with van der Waals surface area (Å²) in [4.78, 5) is 0.376. The summed E-state index contributed by atoms with van der Waals surface area (Å²) in [5.74, 6) is 1.14. The fourth-order valence-electron chi connectivity index (χ4n) is 2.53.